The summed E-state index contributed by atoms with van der Waals surface area (Å²) in [5.41, 5.74) is 1.17. The Bertz CT molecular complexity index is 578. The van der Waals surface area contributed by atoms with Crippen molar-refractivity contribution in [3.8, 4) is 5.75 Å². The molecule has 140 valence electrons. The maximum atomic E-state index is 11.9. The molecular weight excluding hydrogens is 398 g/mol. The maximum absolute atomic E-state index is 11.9. The molecular formula is C20H30BrNO2S. The Morgan fingerprint density at radius 3 is 2.60 bits per heavy atom. The van der Waals surface area contributed by atoms with Gasteiger partial charge in [-0.15, -0.1) is 0 Å². The van der Waals surface area contributed by atoms with Gasteiger partial charge in [-0.1, -0.05) is 26.4 Å². The first-order chi connectivity index (χ1) is 11.8. The van der Waals surface area contributed by atoms with Crippen molar-refractivity contribution in [2.45, 2.75) is 77.1 Å². The zero-order valence-electron chi connectivity index (χ0n) is 15.8. The van der Waals surface area contributed by atoms with Gasteiger partial charge in [0.2, 0.25) is 0 Å². The molecule has 25 heavy (non-hydrogen) atoms. The Morgan fingerprint density at radius 2 is 1.96 bits per heavy atom. The summed E-state index contributed by atoms with van der Waals surface area (Å²) in [7, 11) is 0. The normalized spacial score (nSPS) is 23.0. The van der Waals surface area contributed by atoms with Crippen molar-refractivity contribution >= 4 is 33.5 Å². The third-order valence-corrected chi connectivity index (χ3v) is 6.95. The van der Waals surface area contributed by atoms with Crippen molar-refractivity contribution in [1.82, 2.24) is 0 Å². The topological polar surface area (TPSA) is 44.6 Å². The lowest BCUT2D eigenvalue weighted by atomic mass is 9.84. The third kappa shape index (κ3) is 6.61. The van der Waals surface area contributed by atoms with Crippen LogP contribution in [0.1, 0.15) is 64.9 Å². The molecule has 1 fully saturated rings. The number of halogens is 1. The molecule has 0 radical (unpaired) electrons. The smallest absolute Gasteiger partial charge is 0.144 e. The monoisotopic (exact) mass is 427 g/mol. The van der Waals surface area contributed by atoms with Crippen molar-refractivity contribution < 1.29 is 9.29 Å². The molecule has 1 aliphatic rings. The highest BCUT2D eigenvalue weighted by Crippen LogP contribution is 2.32. The summed E-state index contributed by atoms with van der Waals surface area (Å²) in [5, 5.41) is 0. The molecule has 5 heteroatoms. The van der Waals surface area contributed by atoms with E-state index in [9.17, 15) is 4.55 Å². The summed E-state index contributed by atoms with van der Waals surface area (Å²) in [6.07, 6.45) is 8.86. The molecule has 0 unspecified atom stereocenters. The number of hydrogen-bond acceptors (Lipinski definition) is 3. The Balaban J connectivity index is 1.71. The fraction of sp³-hybridized carbons (Fsp3) is 0.650. The second kappa shape index (κ2) is 9.43. The van der Waals surface area contributed by atoms with Gasteiger partial charge in [0, 0.05) is 10.0 Å². The molecule has 1 saturated carbocycles. The van der Waals surface area contributed by atoms with Gasteiger partial charge in [-0.25, -0.2) is 0 Å². The Labute approximate surface area is 164 Å². The molecule has 0 aromatic heterocycles. The minimum Gasteiger partial charge on any atom is -0.591 e. The molecule has 0 aliphatic heterocycles. The van der Waals surface area contributed by atoms with E-state index in [1.54, 1.807) is 0 Å². The number of hydrogen-bond donors (Lipinski definition) is 0. The minimum atomic E-state index is -1.13. The van der Waals surface area contributed by atoms with Gasteiger partial charge in [-0.05, 0) is 84.3 Å². The summed E-state index contributed by atoms with van der Waals surface area (Å²) in [6.45, 7) is 7.95. The van der Waals surface area contributed by atoms with E-state index in [-0.39, 0.29) is 4.75 Å². The van der Waals surface area contributed by atoms with Crippen molar-refractivity contribution in [2.75, 3.05) is 0 Å². The van der Waals surface area contributed by atoms with Crippen LogP contribution in [0.15, 0.2) is 27.1 Å². The van der Waals surface area contributed by atoms with E-state index in [0.29, 0.717) is 6.10 Å². The lowest BCUT2D eigenvalue weighted by molar-refractivity contribution is 0.128. The summed E-state index contributed by atoms with van der Waals surface area (Å²) in [5.74, 6) is 1.73. The van der Waals surface area contributed by atoms with Crippen LogP contribution < -0.4 is 4.74 Å². The molecule has 1 aromatic rings. The van der Waals surface area contributed by atoms with E-state index in [0.717, 1.165) is 41.8 Å². The van der Waals surface area contributed by atoms with E-state index >= 15 is 0 Å². The van der Waals surface area contributed by atoms with Gasteiger partial charge >= 0.3 is 0 Å². The van der Waals surface area contributed by atoms with Crippen LogP contribution in [0.3, 0.4) is 0 Å². The van der Waals surface area contributed by atoms with Gasteiger partial charge in [0.1, 0.15) is 21.9 Å². The van der Waals surface area contributed by atoms with Crippen molar-refractivity contribution in [1.29, 1.82) is 0 Å². The molecule has 0 heterocycles. The molecule has 2 rings (SSSR count). The van der Waals surface area contributed by atoms with E-state index in [1.165, 1.54) is 18.4 Å². The lowest BCUT2D eigenvalue weighted by Crippen LogP contribution is -2.26. The number of rotatable bonds is 6. The standard InChI is InChI=1S/C20H30BrNO2S/c1-15-18(21)8-5-9-19(15)24-17-12-10-16(11-13-17)7-6-14-22-25(23)20(2,3)4/h5,8-9,14,16-17H,6-7,10-13H2,1-4H3/b22-14+/t16?,17?,25-/m1/s1. The van der Waals surface area contributed by atoms with Crippen LogP contribution in [-0.2, 0) is 11.4 Å². The first-order valence-corrected chi connectivity index (χ1v) is 11.0. The van der Waals surface area contributed by atoms with Gasteiger partial charge in [-0.3, -0.25) is 0 Å². The first-order valence-electron chi connectivity index (χ1n) is 9.13. The predicted octanol–water partition coefficient (Wildman–Crippen LogP) is 6.01. The third-order valence-electron chi connectivity index (χ3n) is 4.70. The van der Waals surface area contributed by atoms with E-state index in [4.69, 9.17) is 4.74 Å². The predicted molar refractivity (Wildman–Crippen MR) is 111 cm³/mol. The van der Waals surface area contributed by atoms with Crippen LogP contribution in [-0.4, -0.2) is 21.6 Å². The Morgan fingerprint density at radius 1 is 1.28 bits per heavy atom. The van der Waals surface area contributed by atoms with Crippen molar-refractivity contribution in [2.24, 2.45) is 10.3 Å². The first kappa shape index (κ1) is 20.8. The molecule has 3 nitrogen and oxygen atoms in total. The molecule has 1 aromatic carbocycles. The van der Waals surface area contributed by atoms with Crippen LogP contribution in [0.5, 0.6) is 5.75 Å². The van der Waals surface area contributed by atoms with Crippen LogP contribution in [0.4, 0.5) is 0 Å². The highest BCUT2D eigenvalue weighted by atomic mass is 79.9. The summed E-state index contributed by atoms with van der Waals surface area (Å²) >= 11 is 2.43. The fourth-order valence-electron chi connectivity index (χ4n) is 3.02. The number of ether oxygens (including phenoxy) is 1. The van der Waals surface area contributed by atoms with E-state index in [2.05, 4.69) is 33.3 Å². The average Bonchev–Trinajstić information content (AvgIpc) is 2.56. The zero-order valence-corrected chi connectivity index (χ0v) is 18.2. The fourth-order valence-corrected chi connectivity index (χ4v) is 3.93. The summed E-state index contributed by atoms with van der Waals surface area (Å²) < 4.78 is 23.1. The SMILES string of the molecule is Cc1c(Br)cccc1OC1CCC(CC/C=N/[S@+]([O-])C(C)(C)C)CC1. The molecule has 0 amide bonds. The van der Waals surface area contributed by atoms with Crippen LogP contribution in [0.25, 0.3) is 0 Å². The van der Waals surface area contributed by atoms with E-state index in [1.807, 2.05) is 39.1 Å². The summed E-state index contributed by atoms with van der Waals surface area (Å²) in [6, 6.07) is 6.13. The maximum Gasteiger partial charge on any atom is 0.144 e. The highest BCUT2D eigenvalue weighted by Gasteiger charge is 2.26. The van der Waals surface area contributed by atoms with Gasteiger partial charge in [-0.2, -0.15) is 0 Å². The van der Waals surface area contributed by atoms with Crippen LogP contribution in [0.2, 0.25) is 0 Å². The minimum absolute atomic E-state index is 0.267. The van der Waals surface area contributed by atoms with Crippen molar-refractivity contribution in [3.63, 3.8) is 0 Å². The molecule has 0 bridgehead atoms. The molecule has 0 N–H and O–H groups in total. The zero-order chi connectivity index (χ0) is 18.4. The van der Waals surface area contributed by atoms with Gasteiger partial charge in [0.25, 0.3) is 0 Å². The second-order valence-corrected chi connectivity index (χ2v) is 10.6. The lowest BCUT2D eigenvalue weighted by Gasteiger charge is -2.29. The molecule has 1 atom stereocenters. The van der Waals surface area contributed by atoms with Crippen LogP contribution in [0, 0.1) is 12.8 Å². The second-order valence-electron chi connectivity index (χ2n) is 7.85. The number of benzene rings is 1. The quantitative estimate of drug-likeness (QED) is 0.412. The molecule has 1 aliphatic carbocycles. The Hall–Kier alpha value is -0.520. The van der Waals surface area contributed by atoms with Crippen LogP contribution >= 0.6 is 15.9 Å². The number of nitrogens with zero attached hydrogens (tertiary/aromatic N) is 1. The summed E-state index contributed by atoms with van der Waals surface area (Å²) in [4.78, 5) is 0. The van der Waals surface area contributed by atoms with Crippen molar-refractivity contribution in [3.05, 3.63) is 28.2 Å². The Kier molecular flexibility index (Phi) is 7.84. The van der Waals surface area contributed by atoms with Gasteiger partial charge < -0.3 is 9.29 Å². The average molecular weight is 428 g/mol. The van der Waals surface area contributed by atoms with Gasteiger partial charge in [0.05, 0.1) is 12.3 Å². The molecule has 0 spiro atoms. The molecule has 0 saturated heterocycles. The van der Waals surface area contributed by atoms with E-state index < -0.39 is 11.4 Å². The largest absolute Gasteiger partial charge is 0.591 e. The van der Waals surface area contributed by atoms with Gasteiger partial charge in [0.15, 0.2) is 0 Å². The highest BCUT2D eigenvalue weighted by molar-refractivity contribution is 9.10.